The standard InChI is InChI=1S/C20H24ClN7/c1-14-10-15(2)28(27-14)19-7-5-17(12-25-19)13-26-20(22-3)23-9-8-16-4-6-18(21)24-11-16/h4-7,10-12H,8-9,13H2,1-3H3,(H2,22,23,26). The van der Waals surface area contributed by atoms with Gasteiger partial charge in [-0.05, 0) is 49.6 Å². The van der Waals surface area contributed by atoms with Crippen molar-refractivity contribution >= 4 is 17.6 Å². The molecular formula is C20H24ClN7. The van der Waals surface area contributed by atoms with Gasteiger partial charge in [-0.15, -0.1) is 0 Å². The number of aryl methyl sites for hydroxylation is 2. The minimum Gasteiger partial charge on any atom is -0.356 e. The van der Waals surface area contributed by atoms with E-state index in [2.05, 4.69) is 30.7 Å². The van der Waals surface area contributed by atoms with Crippen LogP contribution in [0.2, 0.25) is 5.15 Å². The number of pyridine rings is 2. The molecule has 2 N–H and O–H groups in total. The fourth-order valence-corrected chi connectivity index (χ4v) is 2.91. The molecule has 8 heteroatoms. The molecule has 146 valence electrons. The Labute approximate surface area is 169 Å². The number of hydrogen-bond acceptors (Lipinski definition) is 4. The first-order valence-corrected chi connectivity index (χ1v) is 9.46. The lowest BCUT2D eigenvalue weighted by Gasteiger charge is -2.12. The highest BCUT2D eigenvalue weighted by atomic mass is 35.5. The molecule has 7 nitrogen and oxygen atoms in total. The van der Waals surface area contributed by atoms with Crippen LogP contribution in [0.3, 0.4) is 0 Å². The largest absolute Gasteiger partial charge is 0.356 e. The van der Waals surface area contributed by atoms with Crippen LogP contribution >= 0.6 is 11.6 Å². The van der Waals surface area contributed by atoms with Crippen LogP contribution in [0.25, 0.3) is 5.82 Å². The quantitative estimate of drug-likeness (QED) is 0.380. The van der Waals surface area contributed by atoms with Crippen LogP contribution in [0, 0.1) is 13.8 Å². The van der Waals surface area contributed by atoms with Crippen LogP contribution in [0.4, 0.5) is 0 Å². The van der Waals surface area contributed by atoms with Gasteiger partial charge in [-0.1, -0.05) is 23.7 Å². The van der Waals surface area contributed by atoms with Gasteiger partial charge in [-0.25, -0.2) is 14.6 Å². The van der Waals surface area contributed by atoms with E-state index in [-0.39, 0.29) is 0 Å². The van der Waals surface area contributed by atoms with Crippen molar-refractivity contribution in [2.75, 3.05) is 13.6 Å². The predicted octanol–water partition coefficient (Wildman–Crippen LogP) is 2.84. The zero-order valence-electron chi connectivity index (χ0n) is 16.3. The lowest BCUT2D eigenvalue weighted by atomic mass is 10.2. The van der Waals surface area contributed by atoms with Gasteiger partial charge in [0.1, 0.15) is 5.15 Å². The van der Waals surface area contributed by atoms with E-state index in [1.54, 1.807) is 19.3 Å². The molecule has 0 aliphatic rings. The molecule has 3 aromatic rings. The molecular weight excluding hydrogens is 374 g/mol. The molecule has 0 radical (unpaired) electrons. The Kier molecular flexibility index (Phi) is 6.60. The van der Waals surface area contributed by atoms with Crippen LogP contribution < -0.4 is 10.6 Å². The SMILES string of the molecule is CN=C(NCCc1ccc(Cl)nc1)NCc1ccc(-n2nc(C)cc2C)nc1. The van der Waals surface area contributed by atoms with Crippen molar-refractivity contribution in [3.05, 3.63) is 70.4 Å². The number of halogens is 1. The van der Waals surface area contributed by atoms with Gasteiger partial charge < -0.3 is 10.6 Å². The maximum atomic E-state index is 5.81. The third kappa shape index (κ3) is 5.29. The maximum Gasteiger partial charge on any atom is 0.191 e. The molecule has 28 heavy (non-hydrogen) atoms. The van der Waals surface area contributed by atoms with E-state index in [0.29, 0.717) is 11.7 Å². The molecule has 0 unspecified atom stereocenters. The average molecular weight is 398 g/mol. The van der Waals surface area contributed by atoms with Crippen molar-refractivity contribution in [1.29, 1.82) is 0 Å². The highest BCUT2D eigenvalue weighted by molar-refractivity contribution is 6.29. The maximum absolute atomic E-state index is 5.81. The summed E-state index contributed by atoms with van der Waals surface area (Å²) in [4.78, 5) is 12.9. The number of hydrogen-bond donors (Lipinski definition) is 2. The lowest BCUT2D eigenvalue weighted by Crippen LogP contribution is -2.37. The molecule has 0 aliphatic carbocycles. The topological polar surface area (TPSA) is 80.0 Å². The molecule has 0 spiro atoms. The fraction of sp³-hybridized carbons (Fsp3) is 0.300. The third-order valence-electron chi connectivity index (χ3n) is 4.21. The number of rotatable bonds is 6. The average Bonchev–Trinajstić information content (AvgIpc) is 3.04. The summed E-state index contributed by atoms with van der Waals surface area (Å²) in [6, 6.07) is 9.82. The first-order valence-electron chi connectivity index (χ1n) is 9.08. The molecule has 0 amide bonds. The second-order valence-electron chi connectivity index (χ2n) is 6.46. The number of aliphatic imine (C=N–C) groups is 1. The molecule has 3 heterocycles. The van der Waals surface area contributed by atoms with Crippen LogP contribution in [0.15, 0.2) is 47.7 Å². The Morgan fingerprint density at radius 1 is 1.07 bits per heavy atom. The van der Waals surface area contributed by atoms with Crippen molar-refractivity contribution in [2.24, 2.45) is 4.99 Å². The van der Waals surface area contributed by atoms with Crippen molar-refractivity contribution in [2.45, 2.75) is 26.8 Å². The van der Waals surface area contributed by atoms with Gasteiger partial charge in [0, 0.05) is 38.2 Å². The number of aromatic nitrogens is 4. The summed E-state index contributed by atoms with van der Waals surface area (Å²) in [5, 5.41) is 11.6. The van der Waals surface area contributed by atoms with E-state index in [1.807, 2.05) is 49.0 Å². The minimum absolute atomic E-state index is 0.506. The highest BCUT2D eigenvalue weighted by Crippen LogP contribution is 2.10. The first kappa shape index (κ1) is 19.8. The van der Waals surface area contributed by atoms with Crippen molar-refractivity contribution < 1.29 is 0 Å². The molecule has 0 bridgehead atoms. The summed E-state index contributed by atoms with van der Waals surface area (Å²) in [5.74, 6) is 1.55. The summed E-state index contributed by atoms with van der Waals surface area (Å²) in [6.45, 7) is 5.38. The number of nitrogens with one attached hydrogen (secondary N) is 2. The van der Waals surface area contributed by atoms with Crippen LogP contribution in [0.5, 0.6) is 0 Å². The molecule has 0 aliphatic heterocycles. The zero-order chi connectivity index (χ0) is 19.9. The Hall–Kier alpha value is -2.93. The Morgan fingerprint density at radius 3 is 2.46 bits per heavy atom. The zero-order valence-corrected chi connectivity index (χ0v) is 17.0. The third-order valence-corrected chi connectivity index (χ3v) is 4.44. The Balaban J connectivity index is 1.49. The highest BCUT2D eigenvalue weighted by Gasteiger charge is 2.05. The molecule has 0 saturated carbocycles. The van der Waals surface area contributed by atoms with E-state index in [9.17, 15) is 0 Å². The summed E-state index contributed by atoms with van der Waals surface area (Å²) in [7, 11) is 1.75. The van der Waals surface area contributed by atoms with E-state index in [1.165, 1.54) is 0 Å². The van der Waals surface area contributed by atoms with Gasteiger partial charge in [-0.2, -0.15) is 5.10 Å². The predicted molar refractivity (Wildman–Crippen MR) is 112 cm³/mol. The Bertz CT molecular complexity index is 930. The van der Waals surface area contributed by atoms with Gasteiger partial charge in [0.15, 0.2) is 11.8 Å². The number of nitrogens with zero attached hydrogens (tertiary/aromatic N) is 5. The van der Waals surface area contributed by atoms with Gasteiger partial charge in [0.05, 0.1) is 5.69 Å². The lowest BCUT2D eigenvalue weighted by molar-refractivity contribution is 0.783. The van der Waals surface area contributed by atoms with E-state index in [0.717, 1.165) is 47.3 Å². The van der Waals surface area contributed by atoms with Gasteiger partial charge in [0.2, 0.25) is 0 Å². The fourth-order valence-electron chi connectivity index (χ4n) is 2.79. The molecule has 3 aromatic heterocycles. The molecule has 0 saturated heterocycles. The minimum atomic E-state index is 0.506. The van der Waals surface area contributed by atoms with E-state index in [4.69, 9.17) is 11.6 Å². The monoisotopic (exact) mass is 397 g/mol. The normalized spacial score (nSPS) is 11.5. The summed E-state index contributed by atoms with van der Waals surface area (Å²) in [6.07, 6.45) is 4.48. The van der Waals surface area contributed by atoms with Crippen LogP contribution in [-0.4, -0.2) is 39.3 Å². The molecule has 0 aromatic carbocycles. The van der Waals surface area contributed by atoms with Crippen LogP contribution in [0.1, 0.15) is 22.5 Å². The number of guanidine groups is 1. The van der Waals surface area contributed by atoms with Gasteiger partial charge in [0.25, 0.3) is 0 Å². The smallest absolute Gasteiger partial charge is 0.191 e. The van der Waals surface area contributed by atoms with Crippen molar-refractivity contribution in [3.8, 4) is 5.82 Å². The van der Waals surface area contributed by atoms with Crippen molar-refractivity contribution in [1.82, 2.24) is 30.4 Å². The molecule has 0 atom stereocenters. The van der Waals surface area contributed by atoms with Crippen LogP contribution in [-0.2, 0) is 13.0 Å². The molecule has 3 rings (SSSR count). The van der Waals surface area contributed by atoms with E-state index >= 15 is 0 Å². The second-order valence-corrected chi connectivity index (χ2v) is 6.84. The summed E-state index contributed by atoms with van der Waals surface area (Å²) in [5.41, 5.74) is 4.23. The Morgan fingerprint density at radius 2 is 1.86 bits per heavy atom. The summed E-state index contributed by atoms with van der Waals surface area (Å²) >= 11 is 5.81. The van der Waals surface area contributed by atoms with Gasteiger partial charge >= 0.3 is 0 Å². The summed E-state index contributed by atoms with van der Waals surface area (Å²) < 4.78 is 1.85. The second kappa shape index (κ2) is 9.32. The first-order chi connectivity index (χ1) is 13.5. The van der Waals surface area contributed by atoms with Gasteiger partial charge in [-0.3, -0.25) is 4.99 Å². The molecule has 0 fully saturated rings. The van der Waals surface area contributed by atoms with E-state index < -0.39 is 0 Å². The van der Waals surface area contributed by atoms with Crippen molar-refractivity contribution in [3.63, 3.8) is 0 Å².